The zero-order valence-corrected chi connectivity index (χ0v) is 21.9. The largest absolute Gasteiger partial charge is 0.495 e. The van der Waals surface area contributed by atoms with Crippen LogP contribution in [0.4, 0.5) is 10.1 Å². The molecule has 0 saturated carbocycles. The number of carbonyl (C=O) groups excluding carboxylic acids is 1. The molecule has 0 unspecified atom stereocenters. The molecule has 0 fully saturated rings. The summed E-state index contributed by atoms with van der Waals surface area (Å²) in [6, 6.07) is 14.2. The van der Waals surface area contributed by atoms with Crippen LogP contribution >= 0.6 is 27.5 Å². The molecule has 0 spiro atoms. The Morgan fingerprint density at radius 2 is 1.72 bits per heavy atom. The van der Waals surface area contributed by atoms with Gasteiger partial charge in [-0.05, 0) is 57.4 Å². The molecule has 3 aromatic rings. The second-order valence-corrected chi connectivity index (χ2v) is 8.52. The third-order valence-electron chi connectivity index (χ3n) is 4.95. The van der Waals surface area contributed by atoms with E-state index in [4.69, 9.17) is 30.5 Å². The number of amides is 1. The van der Waals surface area contributed by atoms with Crippen molar-refractivity contribution in [1.29, 1.82) is 5.26 Å². The summed E-state index contributed by atoms with van der Waals surface area (Å²) in [7, 11) is 4.34. The maximum Gasteiger partial charge on any atom is 0.266 e. The number of nitrogens with zero attached hydrogens (tertiary/aromatic N) is 1. The molecule has 0 aliphatic carbocycles. The highest BCUT2D eigenvalue weighted by molar-refractivity contribution is 9.10. The van der Waals surface area contributed by atoms with Crippen molar-refractivity contribution < 1.29 is 28.1 Å². The van der Waals surface area contributed by atoms with Crippen LogP contribution in [-0.4, -0.2) is 27.2 Å². The van der Waals surface area contributed by atoms with Gasteiger partial charge in [0.15, 0.2) is 11.5 Å². The highest BCUT2D eigenvalue weighted by atomic mass is 79.9. The molecule has 0 aliphatic rings. The SMILES string of the molecule is COc1cc(NC(=O)/C(C#N)=C/c2cc(Br)c(OCc3ccc(F)cc3)c(OC)c2)c(OC)cc1Cl. The smallest absolute Gasteiger partial charge is 0.266 e. The van der Waals surface area contributed by atoms with Crippen LogP contribution in [0.2, 0.25) is 5.02 Å². The van der Waals surface area contributed by atoms with Gasteiger partial charge in [0.25, 0.3) is 5.91 Å². The van der Waals surface area contributed by atoms with E-state index in [2.05, 4.69) is 21.2 Å². The van der Waals surface area contributed by atoms with Crippen LogP contribution < -0.4 is 24.3 Å². The Labute approximate surface area is 221 Å². The molecule has 1 amide bonds. The van der Waals surface area contributed by atoms with Crippen LogP contribution in [0.3, 0.4) is 0 Å². The quantitative estimate of drug-likeness (QED) is 0.235. The van der Waals surface area contributed by atoms with Gasteiger partial charge in [-0.15, -0.1) is 0 Å². The molecule has 186 valence electrons. The second-order valence-electron chi connectivity index (χ2n) is 7.26. The normalized spacial score (nSPS) is 10.9. The van der Waals surface area contributed by atoms with Crippen molar-refractivity contribution in [3.05, 3.63) is 80.5 Å². The molecule has 0 atom stereocenters. The summed E-state index contributed by atoms with van der Waals surface area (Å²) < 4.78 is 35.4. The number of nitrogens with one attached hydrogen (secondary N) is 1. The fourth-order valence-corrected chi connectivity index (χ4v) is 3.97. The van der Waals surface area contributed by atoms with Crippen LogP contribution in [0.15, 0.2) is 58.6 Å². The van der Waals surface area contributed by atoms with Gasteiger partial charge in [0.1, 0.15) is 35.6 Å². The van der Waals surface area contributed by atoms with E-state index in [0.717, 1.165) is 5.56 Å². The number of methoxy groups -OCH3 is 3. The zero-order chi connectivity index (χ0) is 26.2. The second kappa shape index (κ2) is 12.3. The Morgan fingerprint density at radius 3 is 2.33 bits per heavy atom. The lowest BCUT2D eigenvalue weighted by Gasteiger charge is -2.14. The van der Waals surface area contributed by atoms with Crippen molar-refractivity contribution in [1.82, 2.24) is 0 Å². The average molecular weight is 576 g/mol. The highest BCUT2D eigenvalue weighted by Gasteiger charge is 2.17. The number of carbonyl (C=O) groups is 1. The molecule has 7 nitrogen and oxygen atoms in total. The minimum atomic E-state index is -0.660. The van der Waals surface area contributed by atoms with Gasteiger partial charge in [-0.2, -0.15) is 5.26 Å². The minimum Gasteiger partial charge on any atom is -0.495 e. The molecular formula is C26H21BrClFN2O5. The predicted octanol–water partition coefficient (Wildman–Crippen LogP) is 6.39. The molecule has 1 N–H and O–H groups in total. The summed E-state index contributed by atoms with van der Waals surface area (Å²) >= 11 is 9.56. The summed E-state index contributed by atoms with van der Waals surface area (Å²) in [5, 5.41) is 12.6. The predicted molar refractivity (Wildman–Crippen MR) is 138 cm³/mol. The maximum atomic E-state index is 13.1. The van der Waals surface area contributed by atoms with Crippen LogP contribution in [0.5, 0.6) is 23.0 Å². The van der Waals surface area contributed by atoms with E-state index in [0.29, 0.717) is 38.1 Å². The van der Waals surface area contributed by atoms with Crippen molar-refractivity contribution in [2.24, 2.45) is 0 Å². The number of anilines is 1. The standard InChI is InChI=1S/C26H21BrClFN2O5/c1-33-22-12-21(23(34-2)11-20(22)28)31-26(32)17(13-30)8-16-9-19(27)25(24(10-16)35-3)36-14-15-4-6-18(29)7-5-15/h4-12H,14H2,1-3H3,(H,31,32)/b17-8+. The van der Waals surface area contributed by atoms with Gasteiger partial charge in [0.05, 0.1) is 36.5 Å². The van der Waals surface area contributed by atoms with Crippen molar-refractivity contribution in [3.63, 3.8) is 0 Å². The Hall–Kier alpha value is -3.74. The fourth-order valence-electron chi connectivity index (χ4n) is 3.16. The lowest BCUT2D eigenvalue weighted by atomic mass is 10.1. The van der Waals surface area contributed by atoms with Gasteiger partial charge >= 0.3 is 0 Å². The van der Waals surface area contributed by atoms with E-state index in [9.17, 15) is 14.4 Å². The minimum absolute atomic E-state index is 0.167. The molecule has 0 radical (unpaired) electrons. The lowest BCUT2D eigenvalue weighted by molar-refractivity contribution is -0.112. The van der Waals surface area contributed by atoms with E-state index in [-0.39, 0.29) is 23.7 Å². The van der Waals surface area contributed by atoms with Crippen LogP contribution in [0, 0.1) is 17.1 Å². The number of ether oxygens (including phenoxy) is 4. The Morgan fingerprint density at radius 1 is 1.06 bits per heavy atom. The Kier molecular flexibility index (Phi) is 9.17. The highest BCUT2D eigenvalue weighted by Crippen LogP contribution is 2.38. The van der Waals surface area contributed by atoms with Crippen molar-refractivity contribution in [2.75, 3.05) is 26.6 Å². The number of halogens is 3. The Bertz CT molecular complexity index is 1340. The number of benzene rings is 3. The first-order valence-electron chi connectivity index (χ1n) is 10.4. The number of hydrogen-bond donors (Lipinski definition) is 1. The van der Waals surface area contributed by atoms with Gasteiger partial charge in [-0.3, -0.25) is 4.79 Å². The molecule has 3 aromatic carbocycles. The number of rotatable bonds is 9. The number of nitriles is 1. The first kappa shape index (κ1) is 26.9. The summed E-state index contributed by atoms with van der Waals surface area (Å²) in [6.07, 6.45) is 1.41. The summed E-state index contributed by atoms with van der Waals surface area (Å²) in [6.45, 7) is 0.183. The molecule has 3 rings (SSSR count). The van der Waals surface area contributed by atoms with Crippen molar-refractivity contribution >= 4 is 45.2 Å². The molecule has 0 bridgehead atoms. The van der Waals surface area contributed by atoms with Gasteiger partial charge in [0, 0.05) is 12.1 Å². The Balaban J connectivity index is 1.85. The van der Waals surface area contributed by atoms with E-state index < -0.39 is 5.91 Å². The molecule has 0 aromatic heterocycles. The van der Waals surface area contributed by atoms with E-state index >= 15 is 0 Å². The third kappa shape index (κ3) is 6.47. The van der Waals surface area contributed by atoms with Gasteiger partial charge in [0.2, 0.25) is 0 Å². The first-order valence-corrected chi connectivity index (χ1v) is 11.6. The van der Waals surface area contributed by atoms with Gasteiger partial charge in [-0.1, -0.05) is 23.7 Å². The molecular weight excluding hydrogens is 555 g/mol. The van der Waals surface area contributed by atoms with Gasteiger partial charge < -0.3 is 24.3 Å². The van der Waals surface area contributed by atoms with E-state index in [1.54, 1.807) is 24.3 Å². The van der Waals surface area contributed by atoms with Crippen LogP contribution in [0.25, 0.3) is 6.08 Å². The van der Waals surface area contributed by atoms with Crippen molar-refractivity contribution in [2.45, 2.75) is 6.61 Å². The maximum absolute atomic E-state index is 13.1. The summed E-state index contributed by atoms with van der Waals surface area (Å²) in [5.74, 6) is 0.435. The third-order valence-corrected chi connectivity index (χ3v) is 5.83. The topological polar surface area (TPSA) is 89.8 Å². The lowest BCUT2D eigenvalue weighted by Crippen LogP contribution is -2.14. The van der Waals surface area contributed by atoms with Crippen LogP contribution in [-0.2, 0) is 11.4 Å². The molecule has 0 saturated heterocycles. The van der Waals surface area contributed by atoms with E-state index in [1.807, 2.05) is 6.07 Å². The summed E-state index contributed by atoms with van der Waals surface area (Å²) in [4.78, 5) is 12.9. The molecule has 0 heterocycles. The van der Waals surface area contributed by atoms with Gasteiger partial charge in [-0.25, -0.2) is 4.39 Å². The zero-order valence-electron chi connectivity index (χ0n) is 19.5. The average Bonchev–Trinajstić information content (AvgIpc) is 2.87. The first-order chi connectivity index (χ1) is 17.3. The van der Waals surface area contributed by atoms with E-state index in [1.165, 1.54) is 51.7 Å². The number of hydrogen-bond acceptors (Lipinski definition) is 6. The molecule has 10 heteroatoms. The molecule has 36 heavy (non-hydrogen) atoms. The van der Waals surface area contributed by atoms with Crippen LogP contribution in [0.1, 0.15) is 11.1 Å². The fraction of sp³-hybridized carbons (Fsp3) is 0.154. The molecule has 0 aliphatic heterocycles. The van der Waals surface area contributed by atoms with Crippen molar-refractivity contribution in [3.8, 4) is 29.1 Å². The monoisotopic (exact) mass is 574 g/mol. The summed E-state index contributed by atoms with van der Waals surface area (Å²) in [5.41, 5.74) is 1.40.